The van der Waals surface area contributed by atoms with Gasteiger partial charge in [0, 0.05) is 5.25 Å². The van der Waals surface area contributed by atoms with Gasteiger partial charge < -0.3 is 0 Å². The number of benzene rings is 2. The van der Waals surface area contributed by atoms with E-state index in [0.717, 1.165) is 8.68 Å². The zero-order valence-corrected chi connectivity index (χ0v) is 13.7. The zero-order valence-electron chi connectivity index (χ0n) is 11.2. The lowest BCUT2D eigenvalue weighted by atomic mass is 10.1. The Morgan fingerprint density at radius 3 is 2.50 bits per heavy atom. The van der Waals surface area contributed by atoms with Gasteiger partial charge >= 0.3 is 0 Å². The van der Waals surface area contributed by atoms with E-state index in [9.17, 15) is 0 Å². The lowest BCUT2D eigenvalue weighted by Gasteiger charge is -2.10. The van der Waals surface area contributed by atoms with Crippen LogP contribution in [0.1, 0.15) is 17.7 Å². The third-order valence-electron chi connectivity index (χ3n) is 3.08. The first-order valence-corrected chi connectivity index (χ1v) is 9.21. The van der Waals surface area contributed by atoms with Crippen LogP contribution in [-0.4, -0.2) is 16.5 Å². The predicted molar refractivity (Wildman–Crippen MR) is 89.9 cm³/mol. The summed E-state index contributed by atoms with van der Waals surface area (Å²) < 4.78 is 2.06. The predicted octanol–water partition coefficient (Wildman–Crippen LogP) is 5.27. The molecule has 0 radical (unpaired) electrons. The highest BCUT2D eigenvalue weighted by molar-refractivity contribution is 8.03. The molecular formula is C15H14N2S3. The molecule has 102 valence electrons. The Morgan fingerprint density at radius 2 is 1.75 bits per heavy atom. The number of rotatable bonds is 4. The Labute approximate surface area is 131 Å². The van der Waals surface area contributed by atoms with E-state index in [4.69, 9.17) is 0 Å². The van der Waals surface area contributed by atoms with Crippen LogP contribution in [0.5, 0.6) is 0 Å². The molecule has 2 aromatic carbocycles. The Morgan fingerprint density at radius 1 is 1.00 bits per heavy atom. The van der Waals surface area contributed by atoms with Gasteiger partial charge in [-0.25, -0.2) is 0 Å². The van der Waals surface area contributed by atoms with E-state index in [1.165, 1.54) is 16.3 Å². The second-order valence-corrected chi connectivity index (χ2v) is 8.02. The Bertz CT molecular complexity index is 724. The van der Waals surface area contributed by atoms with E-state index in [1.54, 1.807) is 34.9 Å². The second-order valence-electron chi connectivity index (χ2n) is 4.40. The minimum absolute atomic E-state index is 0.377. The molecule has 1 unspecified atom stereocenters. The van der Waals surface area contributed by atoms with Gasteiger partial charge in [-0.3, -0.25) is 0 Å². The number of hydrogen-bond donors (Lipinski definition) is 0. The maximum Gasteiger partial charge on any atom is 0.175 e. The Hall–Kier alpha value is -1.04. The molecule has 0 saturated carbocycles. The molecule has 3 aromatic rings. The van der Waals surface area contributed by atoms with Crippen LogP contribution < -0.4 is 0 Å². The highest BCUT2D eigenvalue weighted by atomic mass is 32.2. The molecule has 0 bridgehead atoms. The van der Waals surface area contributed by atoms with Crippen molar-refractivity contribution in [1.82, 2.24) is 10.2 Å². The first-order valence-electron chi connectivity index (χ1n) is 6.29. The minimum Gasteiger partial charge on any atom is -0.131 e. The van der Waals surface area contributed by atoms with Crippen LogP contribution in [0, 0.1) is 0 Å². The summed E-state index contributed by atoms with van der Waals surface area (Å²) in [6.07, 6.45) is 2.03. The van der Waals surface area contributed by atoms with Crippen molar-refractivity contribution in [2.24, 2.45) is 0 Å². The van der Waals surface area contributed by atoms with E-state index in [2.05, 4.69) is 59.6 Å². The average Bonchev–Trinajstić information content (AvgIpc) is 2.94. The Balaban J connectivity index is 1.82. The summed E-state index contributed by atoms with van der Waals surface area (Å²) in [5, 5.41) is 11.3. The molecule has 3 rings (SSSR count). The van der Waals surface area contributed by atoms with E-state index < -0.39 is 0 Å². The minimum atomic E-state index is 0.377. The molecule has 0 aliphatic carbocycles. The highest BCUT2D eigenvalue weighted by Crippen LogP contribution is 2.38. The molecule has 20 heavy (non-hydrogen) atoms. The summed E-state index contributed by atoms with van der Waals surface area (Å²) in [6.45, 7) is 2.22. The van der Waals surface area contributed by atoms with Crippen LogP contribution in [0.15, 0.2) is 51.1 Å². The van der Waals surface area contributed by atoms with Gasteiger partial charge in [0.05, 0.1) is 0 Å². The molecule has 0 aliphatic rings. The number of hydrogen-bond acceptors (Lipinski definition) is 5. The van der Waals surface area contributed by atoms with Crippen LogP contribution in [0.2, 0.25) is 0 Å². The summed E-state index contributed by atoms with van der Waals surface area (Å²) >= 11 is 5.08. The van der Waals surface area contributed by atoms with Gasteiger partial charge in [0.25, 0.3) is 0 Å². The lowest BCUT2D eigenvalue weighted by Crippen LogP contribution is -1.88. The smallest absolute Gasteiger partial charge is 0.131 e. The van der Waals surface area contributed by atoms with Crippen LogP contribution >= 0.6 is 34.9 Å². The van der Waals surface area contributed by atoms with Crippen LogP contribution in [0.3, 0.4) is 0 Å². The van der Waals surface area contributed by atoms with Gasteiger partial charge in [-0.1, -0.05) is 77.3 Å². The van der Waals surface area contributed by atoms with E-state index in [-0.39, 0.29) is 0 Å². The largest absolute Gasteiger partial charge is 0.175 e. The molecule has 0 spiro atoms. The fourth-order valence-electron chi connectivity index (χ4n) is 2.01. The summed E-state index contributed by atoms with van der Waals surface area (Å²) in [5.41, 5.74) is 1.33. The van der Waals surface area contributed by atoms with Crippen molar-refractivity contribution in [1.29, 1.82) is 0 Å². The molecule has 0 N–H and O–H groups in total. The molecule has 0 fully saturated rings. The fourth-order valence-corrected chi connectivity index (χ4v) is 4.71. The van der Waals surface area contributed by atoms with Gasteiger partial charge in [-0.2, -0.15) is 0 Å². The first-order chi connectivity index (χ1) is 9.76. The van der Waals surface area contributed by atoms with Crippen LogP contribution in [0.25, 0.3) is 10.8 Å². The summed E-state index contributed by atoms with van der Waals surface area (Å²) in [7, 11) is 0. The van der Waals surface area contributed by atoms with E-state index in [1.807, 2.05) is 6.26 Å². The van der Waals surface area contributed by atoms with Gasteiger partial charge in [0.15, 0.2) is 8.68 Å². The van der Waals surface area contributed by atoms with Crippen LogP contribution in [-0.2, 0) is 0 Å². The summed E-state index contributed by atoms with van der Waals surface area (Å²) in [6, 6.07) is 15.1. The first kappa shape index (κ1) is 13.9. The Kier molecular flexibility index (Phi) is 4.29. The number of fused-ring (bicyclic) bond motifs is 1. The third-order valence-corrected chi connectivity index (χ3v) is 6.22. The summed E-state index contributed by atoms with van der Waals surface area (Å²) in [5.74, 6) is 0. The van der Waals surface area contributed by atoms with Gasteiger partial charge in [-0.05, 0) is 29.5 Å². The normalized spacial score (nSPS) is 12.7. The fraction of sp³-hybridized carbons (Fsp3) is 0.200. The average molecular weight is 318 g/mol. The van der Waals surface area contributed by atoms with Crippen LogP contribution in [0.4, 0.5) is 0 Å². The standard InChI is InChI=1S/C15H14N2S3/c1-10(19-15-17-16-14(18-2)20-15)12-8-7-11-5-3-4-6-13(11)9-12/h3-10H,1-2H3. The molecule has 0 saturated heterocycles. The third kappa shape index (κ3) is 3.00. The van der Waals surface area contributed by atoms with Crippen molar-refractivity contribution in [3.8, 4) is 0 Å². The molecule has 0 amide bonds. The molecule has 2 nitrogen and oxygen atoms in total. The maximum atomic E-state index is 4.23. The van der Waals surface area contributed by atoms with E-state index >= 15 is 0 Å². The highest BCUT2D eigenvalue weighted by Gasteiger charge is 2.12. The van der Waals surface area contributed by atoms with Crippen molar-refractivity contribution < 1.29 is 0 Å². The van der Waals surface area contributed by atoms with Crippen molar-refractivity contribution in [3.05, 3.63) is 48.0 Å². The number of aromatic nitrogens is 2. The second kappa shape index (κ2) is 6.16. The van der Waals surface area contributed by atoms with Gasteiger partial charge in [0.2, 0.25) is 0 Å². The molecule has 1 atom stereocenters. The quantitative estimate of drug-likeness (QED) is 0.612. The van der Waals surface area contributed by atoms with Gasteiger partial charge in [0.1, 0.15) is 0 Å². The zero-order chi connectivity index (χ0) is 13.9. The molecule has 1 aromatic heterocycles. The maximum absolute atomic E-state index is 4.23. The molecule has 5 heteroatoms. The lowest BCUT2D eigenvalue weighted by molar-refractivity contribution is 0.950. The molecule has 0 aliphatic heterocycles. The molecule has 1 heterocycles. The van der Waals surface area contributed by atoms with E-state index in [0.29, 0.717) is 5.25 Å². The van der Waals surface area contributed by atoms with Crippen molar-refractivity contribution in [2.45, 2.75) is 20.9 Å². The van der Waals surface area contributed by atoms with Crippen molar-refractivity contribution in [2.75, 3.05) is 6.26 Å². The summed E-state index contributed by atoms with van der Waals surface area (Å²) in [4.78, 5) is 0. The SMILES string of the molecule is CSc1nnc(SC(C)c2ccc3ccccc3c2)s1. The van der Waals surface area contributed by atoms with Crippen molar-refractivity contribution in [3.63, 3.8) is 0 Å². The van der Waals surface area contributed by atoms with Crippen molar-refractivity contribution >= 4 is 45.6 Å². The number of nitrogens with zero attached hydrogens (tertiary/aromatic N) is 2. The molecular weight excluding hydrogens is 304 g/mol. The topological polar surface area (TPSA) is 25.8 Å². The van der Waals surface area contributed by atoms with Gasteiger partial charge in [-0.15, -0.1) is 10.2 Å². The number of thioether (sulfide) groups is 2. The monoisotopic (exact) mass is 318 g/mol.